The van der Waals surface area contributed by atoms with E-state index in [0.717, 1.165) is 49.9 Å². The molecule has 2 atom stereocenters. The fourth-order valence-electron chi connectivity index (χ4n) is 3.98. The molecule has 0 radical (unpaired) electrons. The molecule has 2 aliphatic heterocycles. The van der Waals surface area contributed by atoms with Crippen molar-refractivity contribution in [2.75, 3.05) is 24.5 Å². The Balaban J connectivity index is 1.49. The summed E-state index contributed by atoms with van der Waals surface area (Å²) in [5, 5.41) is 0. The van der Waals surface area contributed by atoms with Crippen LogP contribution in [0.4, 0.5) is 5.95 Å². The van der Waals surface area contributed by atoms with E-state index < -0.39 is 0 Å². The molecule has 1 saturated heterocycles. The number of aromatic nitrogens is 4. The molecular formula is C18H24N6O. The Kier molecular flexibility index (Phi) is 4.15. The lowest BCUT2D eigenvalue weighted by molar-refractivity contribution is -0.139. The van der Waals surface area contributed by atoms with Crippen LogP contribution in [0.3, 0.4) is 0 Å². The fraction of sp³-hybridized carbons (Fsp3) is 0.556. The van der Waals surface area contributed by atoms with Gasteiger partial charge in [0.1, 0.15) is 5.82 Å². The van der Waals surface area contributed by atoms with Gasteiger partial charge in [0.05, 0.1) is 17.7 Å². The van der Waals surface area contributed by atoms with Crippen molar-refractivity contribution in [2.24, 2.45) is 5.92 Å². The van der Waals surface area contributed by atoms with E-state index in [-0.39, 0.29) is 17.9 Å². The monoisotopic (exact) mass is 340 g/mol. The summed E-state index contributed by atoms with van der Waals surface area (Å²) in [6.45, 7) is 7.26. The quantitative estimate of drug-likeness (QED) is 0.834. The molecule has 2 aromatic rings. The number of carbonyl (C=O) groups excluding carboxylic acids is 1. The van der Waals surface area contributed by atoms with E-state index in [2.05, 4.69) is 37.5 Å². The maximum absolute atomic E-state index is 13.2. The molecule has 25 heavy (non-hydrogen) atoms. The minimum absolute atomic E-state index is 0.00242. The third kappa shape index (κ3) is 2.99. The lowest BCUT2D eigenvalue weighted by Gasteiger charge is -2.39. The Labute approximate surface area is 147 Å². The van der Waals surface area contributed by atoms with Crippen molar-refractivity contribution < 1.29 is 4.79 Å². The summed E-state index contributed by atoms with van der Waals surface area (Å²) in [6.07, 6.45) is 7.50. The van der Waals surface area contributed by atoms with Gasteiger partial charge in [0, 0.05) is 44.8 Å². The van der Waals surface area contributed by atoms with Gasteiger partial charge in [0.25, 0.3) is 0 Å². The van der Waals surface area contributed by atoms with Crippen LogP contribution in [0.2, 0.25) is 0 Å². The van der Waals surface area contributed by atoms with Crippen molar-refractivity contribution in [3.63, 3.8) is 0 Å². The van der Waals surface area contributed by atoms with E-state index in [1.54, 1.807) is 12.4 Å². The summed E-state index contributed by atoms with van der Waals surface area (Å²) in [4.78, 5) is 30.6. The summed E-state index contributed by atoms with van der Waals surface area (Å²) in [7, 11) is 0. The smallest absolute Gasteiger partial charge is 0.228 e. The summed E-state index contributed by atoms with van der Waals surface area (Å²) >= 11 is 0. The Hall–Kier alpha value is -2.44. The van der Waals surface area contributed by atoms with E-state index in [0.29, 0.717) is 6.54 Å². The first-order valence-corrected chi connectivity index (χ1v) is 8.99. The molecule has 2 aromatic heterocycles. The van der Waals surface area contributed by atoms with Gasteiger partial charge in [0.15, 0.2) is 0 Å². The van der Waals surface area contributed by atoms with Crippen molar-refractivity contribution >= 4 is 11.9 Å². The minimum Gasteiger partial charge on any atom is -0.340 e. The molecule has 1 fully saturated rings. The average Bonchev–Trinajstić information content (AvgIpc) is 3.04. The Morgan fingerprint density at radius 2 is 2.00 bits per heavy atom. The van der Waals surface area contributed by atoms with Gasteiger partial charge in [-0.05, 0) is 32.8 Å². The van der Waals surface area contributed by atoms with Crippen molar-refractivity contribution in [1.82, 2.24) is 24.4 Å². The number of hydrogen-bond acceptors (Lipinski definition) is 5. The topological polar surface area (TPSA) is 67.2 Å². The van der Waals surface area contributed by atoms with E-state index in [9.17, 15) is 4.79 Å². The molecule has 0 spiro atoms. The molecular weight excluding hydrogens is 316 g/mol. The number of imidazole rings is 1. The minimum atomic E-state index is 0.00242. The lowest BCUT2D eigenvalue weighted by Crippen LogP contribution is -2.48. The largest absolute Gasteiger partial charge is 0.340 e. The highest BCUT2D eigenvalue weighted by Crippen LogP contribution is 2.29. The highest BCUT2D eigenvalue weighted by Gasteiger charge is 2.35. The second kappa shape index (κ2) is 6.46. The lowest BCUT2D eigenvalue weighted by atomic mass is 9.95. The third-order valence-electron chi connectivity index (χ3n) is 5.24. The van der Waals surface area contributed by atoms with Gasteiger partial charge in [0.2, 0.25) is 11.9 Å². The fourth-order valence-corrected chi connectivity index (χ4v) is 3.98. The summed E-state index contributed by atoms with van der Waals surface area (Å²) in [5.74, 6) is 1.96. The van der Waals surface area contributed by atoms with Gasteiger partial charge in [-0.15, -0.1) is 0 Å². The molecule has 0 aliphatic carbocycles. The zero-order chi connectivity index (χ0) is 17.4. The summed E-state index contributed by atoms with van der Waals surface area (Å²) in [5.41, 5.74) is 1.02. The predicted molar refractivity (Wildman–Crippen MR) is 94.1 cm³/mol. The van der Waals surface area contributed by atoms with Crippen molar-refractivity contribution in [3.05, 3.63) is 36.2 Å². The van der Waals surface area contributed by atoms with Gasteiger partial charge < -0.3 is 14.4 Å². The average molecular weight is 340 g/mol. The first-order valence-electron chi connectivity index (χ1n) is 8.99. The summed E-state index contributed by atoms with van der Waals surface area (Å²) in [6, 6.07) is 1.84. The van der Waals surface area contributed by atoms with Crippen molar-refractivity contribution in [2.45, 2.75) is 39.3 Å². The van der Waals surface area contributed by atoms with Crippen LogP contribution in [-0.2, 0) is 11.3 Å². The number of carbonyl (C=O) groups is 1. The number of anilines is 1. The molecule has 0 saturated carbocycles. The van der Waals surface area contributed by atoms with Gasteiger partial charge >= 0.3 is 0 Å². The van der Waals surface area contributed by atoms with Crippen molar-refractivity contribution in [1.29, 1.82) is 0 Å². The first-order chi connectivity index (χ1) is 12.1. The molecule has 0 bridgehead atoms. The van der Waals surface area contributed by atoms with Crippen LogP contribution < -0.4 is 4.90 Å². The Bertz CT molecular complexity index is 758. The number of amides is 1. The molecule has 4 heterocycles. The molecule has 2 aliphatic rings. The number of fused-ring (bicyclic) bond motifs is 1. The second-order valence-corrected chi connectivity index (χ2v) is 6.98. The van der Waals surface area contributed by atoms with E-state index in [1.165, 1.54) is 0 Å². The zero-order valence-electron chi connectivity index (χ0n) is 14.8. The first kappa shape index (κ1) is 16.1. The molecule has 7 nitrogen and oxygen atoms in total. The maximum atomic E-state index is 13.2. The Morgan fingerprint density at radius 3 is 2.80 bits per heavy atom. The van der Waals surface area contributed by atoms with Crippen LogP contribution in [-0.4, -0.2) is 50.0 Å². The normalized spacial score (nSPS) is 23.4. The molecule has 132 valence electrons. The number of hydrogen-bond donors (Lipinski definition) is 0. The predicted octanol–water partition coefficient (Wildman–Crippen LogP) is 1.80. The van der Waals surface area contributed by atoms with E-state index >= 15 is 0 Å². The van der Waals surface area contributed by atoms with Crippen LogP contribution in [0.1, 0.15) is 37.3 Å². The van der Waals surface area contributed by atoms with Crippen LogP contribution in [0.25, 0.3) is 0 Å². The Morgan fingerprint density at radius 1 is 1.20 bits per heavy atom. The standard InChI is InChI=1S/C18H24N6O/c1-13-11-22-9-10-24(14(2)16(22)21-13)17(25)15-5-3-8-23(12-15)18-19-6-4-7-20-18/h4,6-7,11,14-15H,3,5,8-10,12H2,1-2H3. The van der Waals surface area contributed by atoms with Crippen LogP contribution >= 0.6 is 0 Å². The van der Waals surface area contributed by atoms with Gasteiger partial charge in [-0.25, -0.2) is 15.0 Å². The van der Waals surface area contributed by atoms with Crippen LogP contribution in [0.15, 0.2) is 24.7 Å². The SMILES string of the molecule is Cc1cn2c(n1)C(C)N(C(=O)C1CCCN(c3ncccn3)C1)CC2. The molecule has 0 N–H and O–H groups in total. The van der Waals surface area contributed by atoms with Crippen molar-refractivity contribution in [3.8, 4) is 0 Å². The molecule has 2 unspecified atom stereocenters. The van der Waals surface area contributed by atoms with Crippen LogP contribution in [0.5, 0.6) is 0 Å². The van der Waals surface area contributed by atoms with E-state index in [4.69, 9.17) is 0 Å². The zero-order valence-corrected chi connectivity index (χ0v) is 14.8. The maximum Gasteiger partial charge on any atom is 0.228 e. The molecule has 4 rings (SSSR count). The van der Waals surface area contributed by atoms with Gasteiger partial charge in [-0.2, -0.15) is 0 Å². The number of aryl methyl sites for hydroxylation is 1. The highest BCUT2D eigenvalue weighted by atomic mass is 16.2. The third-order valence-corrected chi connectivity index (χ3v) is 5.24. The second-order valence-electron chi connectivity index (χ2n) is 6.98. The number of rotatable bonds is 2. The van der Waals surface area contributed by atoms with Gasteiger partial charge in [-0.1, -0.05) is 0 Å². The molecule has 7 heteroatoms. The summed E-state index contributed by atoms with van der Waals surface area (Å²) < 4.78 is 2.18. The number of piperidine rings is 1. The van der Waals surface area contributed by atoms with E-state index in [1.807, 2.05) is 17.9 Å². The van der Waals surface area contributed by atoms with Gasteiger partial charge in [-0.3, -0.25) is 4.79 Å². The molecule has 1 amide bonds. The molecule has 0 aromatic carbocycles. The highest BCUT2D eigenvalue weighted by molar-refractivity contribution is 5.80. The number of nitrogens with zero attached hydrogens (tertiary/aromatic N) is 6. The van der Waals surface area contributed by atoms with Crippen LogP contribution in [0, 0.1) is 12.8 Å².